The van der Waals surface area contributed by atoms with E-state index < -0.39 is 51.4 Å². The summed E-state index contributed by atoms with van der Waals surface area (Å²) >= 11 is 0. The molecule has 0 radical (unpaired) electrons. The highest BCUT2D eigenvalue weighted by Gasteiger charge is 2.90. The fourth-order valence-electron chi connectivity index (χ4n) is 11.9. The van der Waals surface area contributed by atoms with Crippen LogP contribution in [0.25, 0.3) is 0 Å². The number of anilines is 1. The number of allylic oxidation sites excluding steroid dienone is 1. The molecule has 9 rings (SSSR count). The van der Waals surface area contributed by atoms with Gasteiger partial charge in [0.2, 0.25) is 0 Å². The van der Waals surface area contributed by atoms with Crippen molar-refractivity contribution in [2.24, 2.45) is 16.7 Å². The summed E-state index contributed by atoms with van der Waals surface area (Å²) < 4.78 is 32.5. The Hall–Kier alpha value is -1.56. The van der Waals surface area contributed by atoms with E-state index in [1.54, 1.807) is 0 Å². The van der Waals surface area contributed by atoms with E-state index in [9.17, 15) is 15.3 Å². The zero-order valence-corrected chi connectivity index (χ0v) is 28.5. The summed E-state index contributed by atoms with van der Waals surface area (Å²) in [6.07, 6.45) is 3.58. The first-order valence-corrected chi connectivity index (χ1v) is 17.5. The van der Waals surface area contributed by atoms with Gasteiger partial charge in [0.05, 0.1) is 23.4 Å². The maximum atomic E-state index is 13.3. The fourth-order valence-corrected chi connectivity index (χ4v) is 11.9. The lowest BCUT2D eigenvalue weighted by atomic mass is 9.39. The van der Waals surface area contributed by atoms with Crippen molar-refractivity contribution in [1.82, 2.24) is 0 Å². The molecule has 1 spiro atoms. The van der Waals surface area contributed by atoms with Gasteiger partial charge >= 0.3 is 0 Å². The highest BCUT2D eigenvalue weighted by molar-refractivity contribution is 5.68. The standard InChI is InChI=1S/C37H51NO8/c1-19(2)16-25-43-27-28(31(5,6)45-25)42-23-13-14-32(7)33(8)21(12-15-35(32,40)36(23)29(27)46-36)18-34(39)26-20(17-24-30(3,4)44-24)10-9-11-22(26)38-37(33,34)41/h9-11,16,21,23-25,27-29,38-41H,12-15,17-18H2,1-8H3/t21-,23-,24?,25-,27+,28-,29+,32+,33-,34+,35-,36-,37+/m0/s1. The number of ether oxygens (including phenoxy) is 5. The molecule has 0 aromatic heterocycles. The number of nitrogens with one attached hydrogen (secondary N) is 1. The molecule has 9 nitrogen and oxygen atoms in total. The largest absolute Gasteiger partial charge is 0.386 e. The molecule has 9 heteroatoms. The number of hydrogen-bond donors (Lipinski definition) is 4. The van der Waals surface area contributed by atoms with Crippen LogP contribution in [0.5, 0.6) is 0 Å². The van der Waals surface area contributed by atoms with Gasteiger partial charge < -0.3 is 44.3 Å². The molecule has 3 aliphatic carbocycles. The first-order valence-electron chi connectivity index (χ1n) is 17.5. The first-order chi connectivity index (χ1) is 21.4. The quantitative estimate of drug-likeness (QED) is 0.281. The Bertz CT molecular complexity index is 1560. The SMILES string of the molecule is CC(C)=C[C@H]1O[C@H]2[C@H]3O[C@@]34[C@H](CC[C@@]3(C)[C@@]4(O)CC[C@H]4C[C@@]5(O)c6c(CC7OC7(C)C)cccc6N[C@@]5(O)[C@@]43C)O[C@@H]2C(C)(C)O1. The molecule has 1 aromatic rings. The van der Waals surface area contributed by atoms with E-state index in [1.807, 2.05) is 45.9 Å². The summed E-state index contributed by atoms with van der Waals surface area (Å²) in [5.41, 5.74) is -4.40. The van der Waals surface area contributed by atoms with Crippen molar-refractivity contribution in [3.05, 3.63) is 41.0 Å². The minimum atomic E-state index is -1.70. The van der Waals surface area contributed by atoms with E-state index in [2.05, 4.69) is 39.1 Å². The van der Waals surface area contributed by atoms with E-state index in [-0.39, 0.29) is 35.9 Å². The number of rotatable bonds is 3. The Kier molecular flexibility index (Phi) is 5.69. The van der Waals surface area contributed by atoms with Gasteiger partial charge in [0.25, 0.3) is 0 Å². The summed E-state index contributed by atoms with van der Waals surface area (Å²) in [5.74, 6) is -0.0298. The smallest absolute Gasteiger partial charge is 0.178 e. The van der Waals surface area contributed by atoms with Crippen molar-refractivity contribution >= 4 is 5.69 Å². The van der Waals surface area contributed by atoms with Crippen LogP contribution in [0.2, 0.25) is 0 Å². The van der Waals surface area contributed by atoms with E-state index in [1.165, 1.54) is 0 Å². The van der Waals surface area contributed by atoms with Crippen LogP contribution in [0.15, 0.2) is 29.8 Å². The van der Waals surface area contributed by atoms with E-state index >= 15 is 0 Å². The van der Waals surface area contributed by atoms with Gasteiger partial charge in [-0.2, -0.15) is 0 Å². The van der Waals surface area contributed by atoms with Crippen LogP contribution in [0.4, 0.5) is 5.69 Å². The topological polar surface area (TPSA) is 125 Å². The van der Waals surface area contributed by atoms with Crippen molar-refractivity contribution < 1.29 is 39.0 Å². The van der Waals surface area contributed by atoms with Crippen LogP contribution >= 0.6 is 0 Å². The first kappa shape index (κ1) is 30.5. The van der Waals surface area contributed by atoms with Crippen LogP contribution in [-0.4, -0.2) is 80.3 Å². The average molecular weight is 638 g/mol. The molecule has 1 unspecified atom stereocenters. The molecule has 1 aromatic carbocycles. The number of epoxide rings is 2. The monoisotopic (exact) mass is 637 g/mol. The number of fused-ring (bicyclic) bond motifs is 9. The Balaban J connectivity index is 1.11. The molecule has 8 aliphatic rings. The molecule has 3 saturated carbocycles. The van der Waals surface area contributed by atoms with Crippen molar-refractivity contribution in [3.8, 4) is 0 Å². The fraction of sp³-hybridized carbons (Fsp3) is 0.784. The molecular weight excluding hydrogens is 586 g/mol. The molecule has 5 aliphatic heterocycles. The minimum absolute atomic E-state index is 0.0298. The van der Waals surface area contributed by atoms with Gasteiger partial charge in [0.1, 0.15) is 29.5 Å². The molecular formula is C37H51NO8. The van der Waals surface area contributed by atoms with Crippen molar-refractivity contribution in [1.29, 1.82) is 0 Å². The van der Waals surface area contributed by atoms with Crippen LogP contribution in [0.1, 0.15) is 98.6 Å². The molecule has 0 amide bonds. The summed E-state index contributed by atoms with van der Waals surface area (Å²) in [7, 11) is 0. The summed E-state index contributed by atoms with van der Waals surface area (Å²) in [4.78, 5) is 0. The van der Waals surface area contributed by atoms with Crippen LogP contribution in [-0.2, 0) is 35.7 Å². The lowest BCUT2D eigenvalue weighted by Crippen LogP contribution is -2.79. The lowest BCUT2D eigenvalue weighted by molar-refractivity contribution is -0.352. The second-order valence-corrected chi connectivity index (χ2v) is 17.6. The second-order valence-electron chi connectivity index (χ2n) is 17.6. The Labute approximate surface area is 272 Å². The maximum absolute atomic E-state index is 13.3. The predicted octanol–water partition coefficient (Wildman–Crippen LogP) is 4.45. The normalized spacial score (nSPS) is 54.5. The Morgan fingerprint density at radius 3 is 2.35 bits per heavy atom. The van der Waals surface area contributed by atoms with Crippen LogP contribution in [0.3, 0.4) is 0 Å². The summed E-state index contributed by atoms with van der Waals surface area (Å²) in [6.45, 7) is 16.5. The Morgan fingerprint density at radius 2 is 1.65 bits per heavy atom. The summed E-state index contributed by atoms with van der Waals surface area (Å²) in [6, 6.07) is 6.01. The third-order valence-corrected chi connectivity index (χ3v) is 14.6. The molecule has 13 atom stereocenters. The molecule has 7 fully saturated rings. The van der Waals surface area contributed by atoms with Gasteiger partial charge in [0.15, 0.2) is 17.6 Å². The Morgan fingerprint density at radius 1 is 0.913 bits per heavy atom. The average Bonchev–Trinajstić information content (AvgIpc) is 3.81. The zero-order chi connectivity index (χ0) is 32.7. The van der Waals surface area contributed by atoms with Gasteiger partial charge in [-0.05, 0) is 97.3 Å². The molecule has 252 valence electrons. The predicted molar refractivity (Wildman–Crippen MR) is 169 cm³/mol. The maximum Gasteiger partial charge on any atom is 0.178 e. The summed E-state index contributed by atoms with van der Waals surface area (Å²) in [5, 5.41) is 42.8. The van der Waals surface area contributed by atoms with Crippen molar-refractivity contribution in [2.75, 3.05) is 5.32 Å². The minimum Gasteiger partial charge on any atom is -0.386 e. The van der Waals surface area contributed by atoms with Crippen LogP contribution < -0.4 is 5.32 Å². The van der Waals surface area contributed by atoms with Gasteiger partial charge in [-0.15, -0.1) is 0 Å². The van der Waals surface area contributed by atoms with Gasteiger partial charge in [-0.3, -0.25) is 0 Å². The molecule has 46 heavy (non-hydrogen) atoms. The second kappa shape index (κ2) is 8.59. The number of benzene rings is 1. The van der Waals surface area contributed by atoms with Gasteiger partial charge in [-0.25, -0.2) is 0 Å². The number of hydrogen-bond acceptors (Lipinski definition) is 9. The third kappa shape index (κ3) is 3.22. The van der Waals surface area contributed by atoms with Gasteiger partial charge in [0, 0.05) is 28.5 Å². The van der Waals surface area contributed by atoms with Crippen molar-refractivity contribution in [2.45, 2.75) is 164 Å². The highest BCUT2D eigenvalue weighted by Crippen LogP contribution is 2.80. The van der Waals surface area contributed by atoms with Crippen LogP contribution in [0, 0.1) is 16.7 Å². The van der Waals surface area contributed by atoms with E-state index in [0.717, 1.165) is 22.4 Å². The molecule has 4 N–H and O–H groups in total. The zero-order valence-electron chi connectivity index (χ0n) is 28.5. The number of aliphatic hydroxyl groups is 3. The van der Waals surface area contributed by atoms with E-state index in [4.69, 9.17) is 23.7 Å². The molecule has 4 saturated heterocycles. The van der Waals surface area contributed by atoms with Crippen molar-refractivity contribution in [3.63, 3.8) is 0 Å². The highest BCUT2D eigenvalue weighted by atomic mass is 16.8. The lowest BCUT2D eigenvalue weighted by Gasteiger charge is -2.68. The van der Waals surface area contributed by atoms with E-state index in [0.29, 0.717) is 38.5 Å². The molecule has 0 bridgehead atoms. The third-order valence-electron chi connectivity index (χ3n) is 14.6. The van der Waals surface area contributed by atoms with Gasteiger partial charge in [-0.1, -0.05) is 31.6 Å². The molecule has 5 heterocycles.